The highest BCUT2D eigenvalue weighted by molar-refractivity contribution is 9.09. The van der Waals surface area contributed by atoms with Gasteiger partial charge in [0.2, 0.25) is 0 Å². The molecule has 64 valence electrons. The summed E-state index contributed by atoms with van der Waals surface area (Å²) in [6.45, 7) is 3.75. The van der Waals surface area contributed by atoms with Crippen LogP contribution in [0.4, 0.5) is 0 Å². The summed E-state index contributed by atoms with van der Waals surface area (Å²) in [5.74, 6) is 0.964. The van der Waals surface area contributed by atoms with Crippen molar-refractivity contribution >= 4 is 15.9 Å². The fourth-order valence-corrected chi connectivity index (χ4v) is 2.69. The van der Waals surface area contributed by atoms with E-state index in [1.54, 1.807) is 0 Å². The van der Waals surface area contributed by atoms with Gasteiger partial charge >= 0.3 is 0 Å². The Hall–Kier alpha value is 0.220. The van der Waals surface area contributed by atoms with E-state index in [9.17, 15) is 0 Å². The van der Waals surface area contributed by atoms with Crippen LogP contribution in [0.25, 0.3) is 0 Å². The van der Waals surface area contributed by atoms with Gasteiger partial charge in [-0.15, -0.1) is 6.58 Å². The smallest absolute Gasteiger partial charge is 0.0148 e. The molecule has 0 aromatic carbocycles. The van der Waals surface area contributed by atoms with E-state index in [1.807, 2.05) is 6.08 Å². The van der Waals surface area contributed by atoms with E-state index >= 15 is 0 Å². The monoisotopic (exact) mass is 216 g/mol. The van der Waals surface area contributed by atoms with Crippen LogP contribution in [0, 0.1) is 5.92 Å². The third kappa shape index (κ3) is 3.42. The maximum Gasteiger partial charge on any atom is 0.0148 e. The number of allylic oxidation sites excluding steroid dienone is 1. The lowest BCUT2D eigenvalue weighted by molar-refractivity contribution is 0.351. The first-order chi connectivity index (χ1) is 5.33. The predicted octanol–water partition coefficient (Wildman–Crippen LogP) is 3.91. The molecule has 0 bridgehead atoms. The van der Waals surface area contributed by atoms with Gasteiger partial charge in [-0.25, -0.2) is 0 Å². The van der Waals surface area contributed by atoms with Crippen LogP contribution in [0.5, 0.6) is 0 Å². The first kappa shape index (κ1) is 9.31. The van der Waals surface area contributed by atoms with Gasteiger partial charge in [0.05, 0.1) is 0 Å². The lowest BCUT2D eigenvalue weighted by Gasteiger charge is -2.24. The molecule has 0 radical (unpaired) electrons. The number of hydrogen-bond acceptors (Lipinski definition) is 0. The molecule has 1 aliphatic rings. The normalized spacial score (nSPS) is 31.7. The first-order valence-corrected chi connectivity index (χ1v) is 5.49. The molecule has 2 unspecified atom stereocenters. The molecule has 0 aromatic rings. The zero-order valence-electron chi connectivity index (χ0n) is 7.06. The van der Waals surface area contributed by atoms with Gasteiger partial charge in [0.25, 0.3) is 0 Å². The van der Waals surface area contributed by atoms with Crippen molar-refractivity contribution in [3.63, 3.8) is 0 Å². The molecule has 0 spiro atoms. The highest BCUT2D eigenvalue weighted by Gasteiger charge is 2.18. The Kier molecular flexibility index (Phi) is 4.21. The van der Waals surface area contributed by atoms with Crippen molar-refractivity contribution in [2.45, 2.75) is 43.4 Å². The van der Waals surface area contributed by atoms with Crippen molar-refractivity contribution < 1.29 is 0 Å². The molecule has 1 fully saturated rings. The minimum Gasteiger partial charge on any atom is -0.103 e. The number of halogens is 1. The lowest BCUT2D eigenvalue weighted by Crippen LogP contribution is -2.14. The summed E-state index contributed by atoms with van der Waals surface area (Å²) >= 11 is 3.69. The first-order valence-electron chi connectivity index (χ1n) is 4.58. The average Bonchev–Trinajstić information content (AvgIpc) is 2.01. The summed E-state index contributed by atoms with van der Waals surface area (Å²) < 4.78 is 0. The summed E-state index contributed by atoms with van der Waals surface area (Å²) in [5, 5.41) is 0. The summed E-state index contributed by atoms with van der Waals surface area (Å²) in [7, 11) is 0. The highest BCUT2D eigenvalue weighted by atomic mass is 79.9. The quantitative estimate of drug-likeness (QED) is 0.496. The van der Waals surface area contributed by atoms with Gasteiger partial charge in [0.1, 0.15) is 0 Å². The Bertz CT molecular complexity index is 120. The molecule has 1 heteroatoms. The molecule has 0 N–H and O–H groups in total. The molecule has 0 amide bonds. The number of alkyl halides is 1. The second-order valence-electron chi connectivity index (χ2n) is 3.50. The molecule has 11 heavy (non-hydrogen) atoms. The summed E-state index contributed by atoms with van der Waals surface area (Å²) in [6, 6.07) is 0. The van der Waals surface area contributed by atoms with Crippen molar-refractivity contribution in [3.8, 4) is 0 Å². The molecule has 0 saturated heterocycles. The standard InChI is InChI=1S/C10H17Br/c1-2-3-5-9-6-4-7-10(11)8-9/h2,9-10H,1,3-8H2. The van der Waals surface area contributed by atoms with E-state index in [4.69, 9.17) is 0 Å². The van der Waals surface area contributed by atoms with Crippen molar-refractivity contribution in [3.05, 3.63) is 12.7 Å². The third-order valence-electron chi connectivity index (χ3n) is 2.50. The van der Waals surface area contributed by atoms with Gasteiger partial charge < -0.3 is 0 Å². The second-order valence-corrected chi connectivity index (χ2v) is 4.79. The molecule has 1 aliphatic carbocycles. The molecule has 2 atom stereocenters. The SMILES string of the molecule is C=CCCC1CCCC(Br)C1. The van der Waals surface area contributed by atoms with E-state index in [-0.39, 0.29) is 0 Å². The topological polar surface area (TPSA) is 0 Å². The van der Waals surface area contributed by atoms with Crippen LogP contribution in [0.1, 0.15) is 38.5 Å². The molecule has 1 rings (SSSR count). The Labute approximate surface area is 78.2 Å². The van der Waals surface area contributed by atoms with Gasteiger partial charge in [-0.2, -0.15) is 0 Å². The van der Waals surface area contributed by atoms with Gasteiger partial charge in [0.15, 0.2) is 0 Å². The maximum atomic E-state index is 3.75. The third-order valence-corrected chi connectivity index (χ3v) is 3.33. The Morgan fingerprint density at radius 2 is 2.27 bits per heavy atom. The molecule has 0 nitrogen and oxygen atoms in total. The molecular weight excluding hydrogens is 200 g/mol. The maximum absolute atomic E-state index is 3.75. The van der Waals surface area contributed by atoms with Crippen LogP contribution in [0.2, 0.25) is 0 Å². The van der Waals surface area contributed by atoms with Crippen molar-refractivity contribution in [2.24, 2.45) is 5.92 Å². The van der Waals surface area contributed by atoms with Crippen LogP contribution < -0.4 is 0 Å². The van der Waals surface area contributed by atoms with E-state index in [2.05, 4.69) is 22.5 Å². The van der Waals surface area contributed by atoms with E-state index in [1.165, 1.54) is 38.5 Å². The van der Waals surface area contributed by atoms with Gasteiger partial charge in [0, 0.05) is 4.83 Å². The van der Waals surface area contributed by atoms with Crippen molar-refractivity contribution in [1.82, 2.24) is 0 Å². The molecule has 0 aromatic heterocycles. The van der Waals surface area contributed by atoms with Crippen molar-refractivity contribution in [2.75, 3.05) is 0 Å². The zero-order valence-corrected chi connectivity index (χ0v) is 8.65. The second kappa shape index (κ2) is 4.97. The molecular formula is C10H17Br. The lowest BCUT2D eigenvalue weighted by atomic mass is 9.86. The Morgan fingerprint density at radius 1 is 1.45 bits per heavy atom. The van der Waals surface area contributed by atoms with Crippen LogP contribution >= 0.6 is 15.9 Å². The average molecular weight is 217 g/mol. The van der Waals surface area contributed by atoms with E-state index in [0.717, 1.165) is 10.7 Å². The van der Waals surface area contributed by atoms with Crippen LogP contribution in [-0.2, 0) is 0 Å². The minimum atomic E-state index is 0.797. The highest BCUT2D eigenvalue weighted by Crippen LogP contribution is 2.31. The zero-order chi connectivity index (χ0) is 8.10. The molecule has 1 saturated carbocycles. The van der Waals surface area contributed by atoms with Crippen LogP contribution in [0.3, 0.4) is 0 Å². The summed E-state index contributed by atoms with van der Waals surface area (Å²) in [4.78, 5) is 0.797. The predicted molar refractivity (Wildman–Crippen MR) is 54.1 cm³/mol. The van der Waals surface area contributed by atoms with E-state index < -0.39 is 0 Å². The summed E-state index contributed by atoms with van der Waals surface area (Å²) in [6.07, 6.45) is 10.2. The largest absolute Gasteiger partial charge is 0.103 e. The fourth-order valence-electron chi connectivity index (χ4n) is 1.84. The van der Waals surface area contributed by atoms with Gasteiger partial charge in [-0.3, -0.25) is 0 Å². The Balaban J connectivity index is 2.17. The van der Waals surface area contributed by atoms with Crippen molar-refractivity contribution in [1.29, 1.82) is 0 Å². The minimum absolute atomic E-state index is 0.797. The van der Waals surface area contributed by atoms with Gasteiger partial charge in [-0.1, -0.05) is 34.8 Å². The molecule has 0 aliphatic heterocycles. The van der Waals surface area contributed by atoms with Crippen LogP contribution in [0.15, 0.2) is 12.7 Å². The van der Waals surface area contributed by atoms with Gasteiger partial charge in [-0.05, 0) is 31.6 Å². The number of rotatable bonds is 3. The fraction of sp³-hybridized carbons (Fsp3) is 0.800. The Morgan fingerprint density at radius 3 is 2.91 bits per heavy atom. The van der Waals surface area contributed by atoms with E-state index in [0.29, 0.717) is 0 Å². The number of hydrogen-bond donors (Lipinski definition) is 0. The summed E-state index contributed by atoms with van der Waals surface area (Å²) in [5.41, 5.74) is 0. The van der Waals surface area contributed by atoms with Crippen LogP contribution in [-0.4, -0.2) is 4.83 Å². The molecule has 0 heterocycles.